The van der Waals surface area contributed by atoms with Gasteiger partial charge in [-0.2, -0.15) is 0 Å². The molecule has 0 bridgehead atoms. The Bertz CT molecular complexity index is 799. The van der Waals surface area contributed by atoms with Crippen LogP contribution in [-0.4, -0.2) is 57.3 Å². The monoisotopic (exact) mass is 508 g/mol. The van der Waals surface area contributed by atoms with Crippen molar-refractivity contribution in [2.24, 2.45) is 5.92 Å². The largest absolute Gasteiger partial charge is 0.497 e. The average Bonchev–Trinajstić information content (AvgIpc) is 3.08. The minimum Gasteiger partial charge on any atom is -0.497 e. The van der Waals surface area contributed by atoms with Crippen LogP contribution in [0.3, 0.4) is 0 Å². The second-order valence-electron chi connectivity index (χ2n) is 11.6. The van der Waals surface area contributed by atoms with Crippen molar-refractivity contribution in [2.45, 2.75) is 110 Å². The molecule has 6 nitrogen and oxygen atoms in total. The summed E-state index contributed by atoms with van der Waals surface area (Å²) in [5.41, 5.74) is 1.08. The molecular weight excluding hydrogens is 460 g/mol. The molecule has 2 rings (SSSR count). The van der Waals surface area contributed by atoms with E-state index in [-0.39, 0.29) is 23.2 Å². The van der Waals surface area contributed by atoms with Crippen LogP contribution in [0.2, 0.25) is 18.1 Å². The zero-order valence-corrected chi connectivity index (χ0v) is 24.5. The highest BCUT2D eigenvalue weighted by atomic mass is 28.4. The highest BCUT2D eigenvalue weighted by Crippen LogP contribution is 2.38. The molecule has 7 heteroatoms. The molecule has 1 fully saturated rings. The van der Waals surface area contributed by atoms with E-state index < -0.39 is 26.3 Å². The van der Waals surface area contributed by atoms with Crippen molar-refractivity contribution in [3.05, 3.63) is 42.0 Å². The molecule has 0 radical (unpaired) electrons. The predicted molar refractivity (Wildman–Crippen MR) is 143 cm³/mol. The highest BCUT2D eigenvalue weighted by molar-refractivity contribution is 6.74. The average molecular weight is 509 g/mol. The van der Waals surface area contributed by atoms with Crippen LogP contribution >= 0.6 is 0 Å². The van der Waals surface area contributed by atoms with Crippen LogP contribution in [0.15, 0.2) is 36.4 Å². The predicted octanol–water partition coefficient (Wildman–Crippen LogP) is 6.09. The van der Waals surface area contributed by atoms with Gasteiger partial charge in [-0.05, 0) is 68.9 Å². The first-order chi connectivity index (χ1) is 16.1. The first-order valence-electron chi connectivity index (χ1n) is 12.8. The summed E-state index contributed by atoms with van der Waals surface area (Å²) in [6.45, 7) is 20.3. The Kier molecular flexibility index (Phi) is 10.6. The van der Waals surface area contributed by atoms with Crippen molar-refractivity contribution in [3.63, 3.8) is 0 Å². The van der Waals surface area contributed by atoms with Gasteiger partial charge in [-0.25, -0.2) is 0 Å². The number of rotatable bonds is 12. The van der Waals surface area contributed by atoms with Crippen molar-refractivity contribution < 1.29 is 28.5 Å². The molecule has 1 N–H and O–H groups in total. The molecule has 1 saturated heterocycles. The number of benzene rings is 1. The Hall–Kier alpha value is -1.22. The van der Waals surface area contributed by atoms with Crippen molar-refractivity contribution in [1.82, 2.24) is 0 Å². The maximum Gasteiger partial charge on any atom is 0.192 e. The molecule has 0 aliphatic carbocycles. The quantitative estimate of drug-likeness (QED) is 0.209. The third-order valence-corrected chi connectivity index (χ3v) is 11.7. The standard InChI is InChI=1S/C28H48O6Si/c1-20(21(2)34-35(9,10)27(3,4)5)11-16-24(29)26-25(32-28(6,7)33-26)17-18-31-19-22-12-14-23(30-8)15-13-22/h11-16,20-21,24-26,29H,17-19H2,1-10H3/b16-11-/t20-,21+,24?,25+,26-/m1/s1. The minimum absolute atomic E-state index is 0.0682. The van der Waals surface area contributed by atoms with Crippen LogP contribution in [0, 0.1) is 5.92 Å². The molecule has 0 saturated carbocycles. The minimum atomic E-state index is -1.85. The summed E-state index contributed by atoms with van der Waals surface area (Å²) >= 11 is 0. The fraction of sp³-hybridized carbons (Fsp3) is 0.714. The molecule has 0 aromatic heterocycles. The molecule has 0 amide bonds. The fourth-order valence-corrected chi connectivity index (χ4v) is 5.29. The topological polar surface area (TPSA) is 66.4 Å². The van der Waals surface area contributed by atoms with Gasteiger partial charge in [-0.1, -0.05) is 52.0 Å². The van der Waals surface area contributed by atoms with Crippen LogP contribution in [0.1, 0.15) is 60.5 Å². The molecule has 0 spiro atoms. The number of hydrogen-bond donors (Lipinski definition) is 1. The van der Waals surface area contributed by atoms with Crippen LogP contribution in [0.5, 0.6) is 5.75 Å². The summed E-state index contributed by atoms with van der Waals surface area (Å²) in [7, 11) is -0.198. The van der Waals surface area contributed by atoms with Gasteiger partial charge < -0.3 is 28.5 Å². The van der Waals surface area contributed by atoms with E-state index in [4.69, 9.17) is 23.4 Å². The molecule has 1 aromatic rings. The van der Waals surface area contributed by atoms with E-state index in [9.17, 15) is 5.11 Å². The van der Waals surface area contributed by atoms with Gasteiger partial charge in [0.1, 0.15) is 18.0 Å². The normalized spacial score (nSPS) is 23.4. The Morgan fingerprint density at radius 2 is 1.71 bits per heavy atom. The molecule has 5 atom stereocenters. The van der Waals surface area contributed by atoms with Gasteiger partial charge in [0.2, 0.25) is 0 Å². The zero-order valence-electron chi connectivity index (χ0n) is 23.5. The smallest absolute Gasteiger partial charge is 0.192 e. The lowest BCUT2D eigenvalue weighted by atomic mass is 10.0. The third kappa shape index (κ3) is 8.99. The first-order valence-corrected chi connectivity index (χ1v) is 15.7. The van der Waals surface area contributed by atoms with Gasteiger partial charge >= 0.3 is 0 Å². The second-order valence-corrected chi connectivity index (χ2v) is 16.4. The molecule has 1 aliphatic heterocycles. The lowest BCUT2D eigenvalue weighted by molar-refractivity contribution is -0.153. The number of methoxy groups -OCH3 is 1. The van der Waals surface area contributed by atoms with Crippen molar-refractivity contribution >= 4 is 8.32 Å². The van der Waals surface area contributed by atoms with Crippen LogP contribution < -0.4 is 4.74 Å². The van der Waals surface area contributed by atoms with Crippen LogP contribution in [0.4, 0.5) is 0 Å². The molecule has 1 aromatic carbocycles. The maximum atomic E-state index is 11.0. The lowest BCUT2D eigenvalue weighted by Gasteiger charge is -2.39. The summed E-state index contributed by atoms with van der Waals surface area (Å²) in [5.74, 6) is 0.248. The molecule has 200 valence electrons. The fourth-order valence-electron chi connectivity index (χ4n) is 3.79. The number of aliphatic hydroxyl groups is 1. The molecular formula is C28H48O6Si. The SMILES string of the molecule is COc1ccc(COCC[C@@H]2OC(C)(C)O[C@@H]2C(O)/C=C\[C@@H](C)[C@H](C)O[Si](C)(C)C(C)(C)C)cc1. The Morgan fingerprint density at radius 3 is 2.29 bits per heavy atom. The Morgan fingerprint density at radius 1 is 1.09 bits per heavy atom. The van der Waals surface area contributed by atoms with Gasteiger partial charge in [-0.15, -0.1) is 0 Å². The van der Waals surface area contributed by atoms with E-state index >= 15 is 0 Å². The molecule has 1 aliphatic rings. The van der Waals surface area contributed by atoms with Gasteiger partial charge in [0.15, 0.2) is 14.1 Å². The van der Waals surface area contributed by atoms with Crippen molar-refractivity contribution in [1.29, 1.82) is 0 Å². The first kappa shape index (κ1) is 30.0. The summed E-state index contributed by atoms with van der Waals surface area (Å²) in [6, 6.07) is 7.83. The summed E-state index contributed by atoms with van der Waals surface area (Å²) < 4.78 is 29.7. The number of hydrogen-bond acceptors (Lipinski definition) is 6. The second kappa shape index (κ2) is 12.3. The van der Waals surface area contributed by atoms with E-state index in [1.54, 1.807) is 7.11 Å². The molecule has 1 heterocycles. The summed E-state index contributed by atoms with van der Waals surface area (Å²) in [5, 5.41) is 11.1. The maximum absolute atomic E-state index is 11.0. The van der Waals surface area contributed by atoms with Crippen molar-refractivity contribution in [3.8, 4) is 5.75 Å². The van der Waals surface area contributed by atoms with E-state index in [0.717, 1.165) is 11.3 Å². The van der Waals surface area contributed by atoms with Gasteiger partial charge in [0.05, 0.1) is 19.8 Å². The Labute approximate surface area is 214 Å². The van der Waals surface area contributed by atoms with E-state index in [2.05, 4.69) is 47.7 Å². The summed E-state index contributed by atoms with van der Waals surface area (Å²) in [4.78, 5) is 0. The Balaban J connectivity index is 1.89. The third-order valence-electron chi connectivity index (χ3n) is 7.17. The van der Waals surface area contributed by atoms with E-state index in [1.807, 2.05) is 50.3 Å². The van der Waals surface area contributed by atoms with Gasteiger partial charge in [0.25, 0.3) is 0 Å². The van der Waals surface area contributed by atoms with E-state index in [0.29, 0.717) is 19.6 Å². The van der Waals surface area contributed by atoms with Gasteiger partial charge in [-0.3, -0.25) is 0 Å². The van der Waals surface area contributed by atoms with Gasteiger partial charge in [0, 0.05) is 12.7 Å². The molecule has 35 heavy (non-hydrogen) atoms. The number of ether oxygens (including phenoxy) is 4. The zero-order chi connectivity index (χ0) is 26.4. The lowest BCUT2D eigenvalue weighted by Crippen LogP contribution is -2.44. The van der Waals surface area contributed by atoms with Crippen LogP contribution in [0.25, 0.3) is 0 Å². The summed E-state index contributed by atoms with van der Waals surface area (Å²) in [6.07, 6.45) is 3.09. The van der Waals surface area contributed by atoms with Crippen LogP contribution in [-0.2, 0) is 25.2 Å². The highest BCUT2D eigenvalue weighted by Gasteiger charge is 2.44. The van der Waals surface area contributed by atoms with E-state index in [1.165, 1.54) is 0 Å². The van der Waals surface area contributed by atoms with Crippen molar-refractivity contribution in [2.75, 3.05) is 13.7 Å². The number of aliphatic hydroxyl groups excluding tert-OH is 1. The molecule has 1 unspecified atom stereocenters.